The summed E-state index contributed by atoms with van der Waals surface area (Å²) in [6.07, 6.45) is 3.31. The van der Waals surface area contributed by atoms with Gasteiger partial charge in [-0.15, -0.1) is 0 Å². The summed E-state index contributed by atoms with van der Waals surface area (Å²) in [5, 5.41) is 0.493. The van der Waals surface area contributed by atoms with Gasteiger partial charge in [0.15, 0.2) is 0 Å². The van der Waals surface area contributed by atoms with Crippen LogP contribution in [0.25, 0.3) is 11.0 Å². The number of anilines is 2. The minimum Gasteiger partial charge on any atom is -0.461 e. The molecule has 3 aromatic heterocycles. The lowest BCUT2D eigenvalue weighted by atomic mass is 9.90. The number of pyridine rings is 2. The van der Waals surface area contributed by atoms with Crippen molar-refractivity contribution in [2.24, 2.45) is 5.41 Å². The summed E-state index contributed by atoms with van der Waals surface area (Å²) >= 11 is 0. The first kappa shape index (κ1) is 28.8. The molecule has 5 rings (SSSR count). The number of carbonyl (C=O) groups excluding carboxylic acids is 3. The second-order valence-corrected chi connectivity index (χ2v) is 11.2. The Morgan fingerprint density at radius 1 is 1.02 bits per heavy atom. The number of aryl methyl sites for hydroxylation is 2. The molecule has 0 bridgehead atoms. The van der Waals surface area contributed by atoms with Crippen LogP contribution in [-0.4, -0.2) is 52.3 Å². The van der Waals surface area contributed by atoms with Crippen molar-refractivity contribution in [3.8, 4) is 0 Å². The summed E-state index contributed by atoms with van der Waals surface area (Å²) in [6.45, 7) is 9.88. The molecule has 4 aromatic rings. The highest BCUT2D eigenvalue weighted by Gasteiger charge is 2.45. The number of benzene rings is 1. The Balaban J connectivity index is 1.50. The van der Waals surface area contributed by atoms with E-state index in [4.69, 9.17) is 4.42 Å². The van der Waals surface area contributed by atoms with Crippen molar-refractivity contribution >= 4 is 40.1 Å². The third-order valence-corrected chi connectivity index (χ3v) is 7.92. The van der Waals surface area contributed by atoms with E-state index in [1.54, 1.807) is 85.8 Å². The van der Waals surface area contributed by atoms with Gasteiger partial charge in [-0.1, -0.05) is 6.07 Å². The zero-order valence-electron chi connectivity index (χ0n) is 24.8. The fraction of sp³-hybridized carbons (Fsp3) is 0.344. The zero-order chi connectivity index (χ0) is 30.3. The fourth-order valence-corrected chi connectivity index (χ4v) is 5.51. The summed E-state index contributed by atoms with van der Waals surface area (Å²) in [4.78, 5) is 62.7. The monoisotopic (exact) mass is 569 g/mol. The van der Waals surface area contributed by atoms with Gasteiger partial charge < -0.3 is 23.7 Å². The zero-order valence-corrected chi connectivity index (χ0v) is 24.8. The smallest absolute Gasteiger partial charge is 0.261 e. The van der Waals surface area contributed by atoms with Crippen molar-refractivity contribution in [1.82, 2.24) is 14.5 Å². The van der Waals surface area contributed by atoms with Crippen LogP contribution in [0.4, 0.5) is 11.4 Å². The first-order valence-corrected chi connectivity index (χ1v) is 14.0. The number of aromatic nitrogens is 2. The maximum Gasteiger partial charge on any atom is 0.261 e. The van der Waals surface area contributed by atoms with Crippen molar-refractivity contribution < 1.29 is 18.8 Å². The van der Waals surface area contributed by atoms with Crippen LogP contribution in [0.2, 0.25) is 0 Å². The van der Waals surface area contributed by atoms with Gasteiger partial charge in [-0.3, -0.25) is 24.2 Å². The first-order chi connectivity index (χ1) is 19.9. The van der Waals surface area contributed by atoms with Crippen LogP contribution in [-0.2, 0) is 22.7 Å². The number of hydrogen-bond acceptors (Lipinski definition) is 6. The molecule has 0 radical (unpaired) electrons. The second kappa shape index (κ2) is 10.9. The van der Waals surface area contributed by atoms with E-state index in [9.17, 15) is 19.2 Å². The Bertz CT molecular complexity index is 1770. The summed E-state index contributed by atoms with van der Waals surface area (Å²) < 4.78 is 7.16. The summed E-state index contributed by atoms with van der Waals surface area (Å²) in [5.41, 5.74) is 2.21. The lowest BCUT2D eigenvalue weighted by molar-refractivity contribution is -0.137. The molecule has 0 N–H and O–H groups in total. The van der Waals surface area contributed by atoms with E-state index in [0.717, 1.165) is 5.56 Å². The molecule has 1 aliphatic heterocycles. The van der Waals surface area contributed by atoms with Gasteiger partial charge in [0.25, 0.3) is 11.5 Å². The topological polar surface area (TPSA) is 109 Å². The quantitative estimate of drug-likeness (QED) is 0.307. The van der Waals surface area contributed by atoms with E-state index in [0.29, 0.717) is 45.9 Å². The number of fused-ring (bicyclic) bond motifs is 2. The van der Waals surface area contributed by atoms with Crippen LogP contribution in [0.3, 0.4) is 0 Å². The number of carbonyl (C=O) groups is 3. The molecule has 0 atom stereocenters. The van der Waals surface area contributed by atoms with E-state index in [2.05, 4.69) is 4.98 Å². The molecule has 0 spiro atoms. The molecule has 218 valence electrons. The molecular formula is C32H35N5O5. The summed E-state index contributed by atoms with van der Waals surface area (Å²) in [7, 11) is 1.67. The fourth-order valence-electron chi connectivity index (χ4n) is 5.51. The predicted molar refractivity (Wildman–Crippen MR) is 161 cm³/mol. The lowest BCUT2D eigenvalue weighted by Gasteiger charge is -2.27. The minimum atomic E-state index is -1.22. The minimum absolute atomic E-state index is 0.189. The molecular weight excluding hydrogens is 534 g/mol. The molecule has 0 saturated carbocycles. The molecule has 1 aliphatic rings. The highest BCUT2D eigenvalue weighted by molar-refractivity contribution is 6.20. The third kappa shape index (κ3) is 4.97. The van der Waals surface area contributed by atoms with Crippen molar-refractivity contribution in [2.45, 2.75) is 47.7 Å². The maximum absolute atomic E-state index is 13.8. The van der Waals surface area contributed by atoms with Crippen molar-refractivity contribution in [1.29, 1.82) is 0 Å². The van der Waals surface area contributed by atoms with Crippen LogP contribution >= 0.6 is 0 Å². The average Bonchev–Trinajstić information content (AvgIpc) is 3.35. The summed E-state index contributed by atoms with van der Waals surface area (Å²) in [6, 6.07) is 12.5. The molecule has 4 heterocycles. The molecule has 0 aliphatic carbocycles. The Morgan fingerprint density at radius 3 is 2.50 bits per heavy atom. The van der Waals surface area contributed by atoms with Crippen LogP contribution in [0.15, 0.2) is 64.1 Å². The Labute approximate surface area is 244 Å². The number of rotatable bonds is 7. The van der Waals surface area contributed by atoms with Gasteiger partial charge in [-0.2, -0.15) is 0 Å². The number of hydrogen-bond donors (Lipinski definition) is 0. The third-order valence-electron chi connectivity index (χ3n) is 7.92. The molecule has 0 saturated heterocycles. The van der Waals surface area contributed by atoms with Crippen LogP contribution in [0.1, 0.15) is 48.1 Å². The van der Waals surface area contributed by atoms with Crippen LogP contribution < -0.4 is 15.4 Å². The molecule has 0 unspecified atom stereocenters. The van der Waals surface area contributed by atoms with Crippen molar-refractivity contribution in [3.05, 3.63) is 87.8 Å². The molecule has 10 nitrogen and oxygen atoms in total. The van der Waals surface area contributed by atoms with E-state index in [1.165, 1.54) is 4.90 Å². The number of amides is 3. The van der Waals surface area contributed by atoms with Crippen LogP contribution in [0.5, 0.6) is 0 Å². The Hall–Kier alpha value is -4.73. The van der Waals surface area contributed by atoms with E-state index in [1.807, 2.05) is 25.1 Å². The van der Waals surface area contributed by atoms with Gasteiger partial charge in [0.1, 0.15) is 16.8 Å². The molecule has 0 fully saturated rings. The van der Waals surface area contributed by atoms with Crippen LogP contribution in [0, 0.1) is 19.3 Å². The van der Waals surface area contributed by atoms with Gasteiger partial charge in [-0.05, 0) is 76.6 Å². The standard InChI is InChI=1S/C32H35N5O5/c1-7-37-25-11-10-22(18-26(25)34(6)30(40)32(4,5)31(37)41)19-36(28(38)23-9-8-13-33-21(23)3)16-15-35-14-12-27-24(29(35)39)17-20(2)42-27/h8-14,17-18H,7,15-16,19H2,1-6H3. The maximum atomic E-state index is 13.8. The molecule has 3 amide bonds. The van der Waals surface area contributed by atoms with Crippen molar-refractivity contribution in [2.75, 3.05) is 29.9 Å². The molecule has 1 aromatic carbocycles. The average molecular weight is 570 g/mol. The summed E-state index contributed by atoms with van der Waals surface area (Å²) in [5.74, 6) is -0.126. The van der Waals surface area contributed by atoms with Crippen molar-refractivity contribution in [3.63, 3.8) is 0 Å². The highest BCUT2D eigenvalue weighted by atomic mass is 16.3. The molecule has 10 heteroatoms. The lowest BCUT2D eigenvalue weighted by Crippen LogP contribution is -2.47. The van der Waals surface area contributed by atoms with E-state index < -0.39 is 5.41 Å². The second-order valence-electron chi connectivity index (χ2n) is 11.2. The SMILES string of the molecule is CCN1C(=O)C(C)(C)C(=O)N(C)c2cc(CN(CCn3ccc4oc(C)cc4c3=O)C(=O)c3cccnc3C)ccc21. The van der Waals surface area contributed by atoms with E-state index in [-0.39, 0.29) is 42.9 Å². The van der Waals surface area contributed by atoms with Gasteiger partial charge in [-0.25, -0.2) is 0 Å². The van der Waals surface area contributed by atoms with Gasteiger partial charge >= 0.3 is 0 Å². The largest absolute Gasteiger partial charge is 0.461 e. The van der Waals surface area contributed by atoms with Gasteiger partial charge in [0.05, 0.1) is 22.3 Å². The molecule has 42 heavy (non-hydrogen) atoms. The van der Waals surface area contributed by atoms with Gasteiger partial charge in [0.2, 0.25) is 11.8 Å². The highest BCUT2D eigenvalue weighted by Crippen LogP contribution is 2.39. The van der Waals surface area contributed by atoms with E-state index >= 15 is 0 Å². The Kier molecular flexibility index (Phi) is 7.49. The number of nitrogens with zero attached hydrogens (tertiary/aromatic N) is 5. The van der Waals surface area contributed by atoms with Gasteiger partial charge in [0, 0.05) is 51.3 Å². The first-order valence-electron chi connectivity index (χ1n) is 14.0. The predicted octanol–water partition coefficient (Wildman–Crippen LogP) is 4.30. The number of furan rings is 1. The Morgan fingerprint density at radius 2 is 1.79 bits per heavy atom. The normalized spacial score (nSPS) is 14.7.